The van der Waals surface area contributed by atoms with Crippen LogP contribution in [0, 0.1) is 5.92 Å². The maximum absolute atomic E-state index is 11.1. The Morgan fingerprint density at radius 2 is 1.87 bits per heavy atom. The van der Waals surface area contributed by atoms with E-state index in [1.165, 1.54) is 5.56 Å². The van der Waals surface area contributed by atoms with E-state index >= 15 is 0 Å². The maximum Gasteiger partial charge on any atom is 0.153 e. The first-order valence-corrected chi connectivity index (χ1v) is 11.2. The highest BCUT2D eigenvalue weighted by Gasteiger charge is 2.26. The summed E-state index contributed by atoms with van der Waals surface area (Å²) >= 11 is 0. The van der Waals surface area contributed by atoms with Crippen LogP contribution in [0.4, 0.5) is 0 Å². The van der Waals surface area contributed by atoms with Gasteiger partial charge in [-0.15, -0.1) is 0 Å². The van der Waals surface area contributed by atoms with Crippen molar-refractivity contribution in [3.63, 3.8) is 0 Å². The third-order valence-corrected chi connectivity index (χ3v) is 6.84. The zero-order chi connectivity index (χ0) is 21.2. The summed E-state index contributed by atoms with van der Waals surface area (Å²) in [4.78, 5) is 20.0. The fraction of sp³-hybridized carbons (Fsp3) is 0.500. The summed E-state index contributed by atoms with van der Waals surface area (Å²) in [5.41, 5.74) is 4.36. The van der Waals surface area contributed by atoms with E-state index in [4.69, 9.17) is 4.74 Å². The molecule has 2 fully saturated rings. The number of rotatable bonds is 6. The molecule has 0 radical (unpaired) electrons. The Kier molecular flexibility index (Phi) is 5.78. The van der Waals surface area contributed by atoms with Gasteiger partial charge in [0.25, 0.3) is 0 Å². The van der Waals surface area contributed by atoms with Gasteiger partial charge in [0, 0.05) is 35.6 Å². The van der Waals surface area contributed by atoms with Crippen molar-refractivity contribution in [2.24, 2.45) is 5.92 Å². The Bertz CT molecular complexity index is 1040. The highest BCUT2D eigenvalue weighted by Crippen LogP contribution is 2.37. The van der Waals surface area contributed by atoms with Crippen LogP contribution in [0.15, 0.2) is 36.9 Å². The molecule has 31 heavy (non-hydrogen) atoms. The number of ether oxygens (including phenoxy) is 1. The van der Waals surface area contributed by atoms with Gasteiger partial charge in [0.15, 0.2) is 5.82 Å². The van der Waals surface area contributed by atoms with Gasteiger partial charge in [-0.2, -0.15) is 5.10 Å². The lowest BCUT2D eigenvalue weighted by atomic mass is 9.79. The number of hydrogen-bond acceptors (Lipinski definition) is 6. The minimum Gasteiger partial charge on any atom is -0.390 e. The predicted octanol–water partition coefficient (Wildman–Crippen LogP) is 3.69. The molecular formula is C24H28N4O3. The summed E-state index contributed by atoms with van der Waals surface area (Å²) in [5.74, 6) is 1.29. The zero-order valence-corrected chi connectivity index (χ0v) is 17.6. The Morgan fingerprint density at radius 3 is 2.58 bits per heavy atom. The van der Waals surface area contributed by atoms with Gasteiger partial charge in [-0.25, -0.2) is 14.5 Å². The summed E-state index contributed by atoms with van der Waals surface area (Å²) in [5, 5.41) is 14.4. The van der Waals surface area contributed by atoms with E-state index < -0.39 is 0 Å². The number of hydrogen-bond donors (Lipinski definition) is 1. The van der Waals surface area contributed by atoms with Gasteiger partial charge in [0.2, 0.25) is 0 Å². The summed E-state index contributed by atoms with van der Waals surface area (Å²) in [6.45, 7) is 0.317. The highest BCUT2D eigenvalue weighted by atomic mass is 16.5. The summed E-state index contributed by atoms with van der Waals surface area (Å²) < 4.78 is 7.70. The van der Waals surface area contributed by atoms with E-state index in [1.807, 2.05) is 35.4 Å². The molecule has 0 spiro atoms. The van der Waals surface area contributed by atoms with E-state index in [-0.39, 0.29) is 18.1 Å². The minimum atomic E-state index is -0.371. The summed E-state index contributed by atoms with van der Waals surface area (Å²) in [6.07, 6.45) is 14.9. The first-order valence-electron chi connectivity index (χ1n) is 11.2. The number of aliphatic hydroxyl groups excluding tert-OH is 1. The smallest absolute Gasteiger partial charge is 0.153 e. The van der Waals surface area contributed by atoms with Gasteiger partial charge < -0.3 is 14.6 Å². The van der Waals surface area contributed by atoms with Crippen LogP contribution >= 0.6 is 0 Å². The van der Waals surface area contributed by atoms with Crippen LogP contribution in [-0.2, 0) is 16.1 Å². The average Bonchev–Trinajstić information content (AvgIpc) is 3.43. The molecule has 2 saturated carbocycles. The van der Waals surface area contributed by atoms with Crippen molar-refractivity contribution in [3.05, 3.63) is 48.3 Å². The molecule has 0 aromatic carbocycles. The minimum absolute atomic E-state index is 0.104. The Hall–Kier alpha value is -2.64. The van der Waals surface area contributed by atoms with E-state index in [2.05, 4.69) is 21.1 Å². The molecule has 0 amide bonds. The number of carbonyl (C=O) groups excluding carboxylic acids is 1. The molecule has 3 heterocycles. The third kappa shape index (κ3) is 4.25. The van der Waals surface area contributed by atoms with Gasteiger partial charge >= 0.3 is 0 Å². The van der Waals surface area contributed by atoms with Crippen molar-refractivity contribution in [2.75, 3.05) is 0 Å². The molecule has 0 aliphatic heterocycles. The van der Waals surface area contributed by atoms with E-state index in [1.54, 1.807) is 0 Å². The Labute approximate surface area is 181 Å². The van der Waals surface area contributed by atoms with E-state index in [9.17, 15) is 9.90 Å². The van der Waals surface area contributed by atoms with Crippen LogP contribution in [0.3, 0.4) is 0 Å². The maximum atomic E-state index is 11.1. The number of aldehydes is 1. The number of pyridine rings is 1. The van der Waals surface area contributed by atoms with Crippen molar-refractivity contribution in [2.45, 2.75) is 69.7 Å². The van der Waals surface area contributed by atoms with Gasteiger partial charge in [-0.05, 0) is 68.6 Å². The monoisotopic (exact) mass is 420 g/mol. The molecule has 3 aromatic rings. The van der Waals surface area contributed by atoms with E-state index in [0.29, 0.717) is 18.3 Å². The third-order valence-electron chi connectivity index (χ3n) is 6.84. The number of carbonyl (C=O) groups is 1. The summed E-state index contributed by atoms with van der Waals surface area (Å²) in [6, 6.07) is 4.18. The second kappa shape index (κ2) is 8.85. The normalized spacial score (nSPS) is 26.4. The van der Waals surface area contributed by atoms with E-state index in [0.717, 1.165) is 67.9 Å². The molecule has 2 atom stereocenters. The van der Waals surface area contributed by atoms with Gasteiger partial charge in [-0.1, -0.05) is 0 Å². The lowest BCUT2D eigenvalue weighted by molar-refractivity contribution is -0.111. The van der Waals surface area contributed by atoms with Crippen LogP contribution in [0.2, 0.25) is 0 Å². The molecule has 0 unspecified atom stereocenters. The van der Waals surface area contributed by atoms with Crippen LogP contribution < -0.4 is 0 Å². The van der Waals surface area contributed by atoms with Crippen LogP contribution in [0.5, 0.6) is 0 Å². The number of aromatic nitrogens is 4. The van der Waals surface area contributed by atoms with Crippen LogP contribution in [0.25, 0.3) is 16.6 Å². The number of fused-ring (bicyclic) bond motifs is 1. The van der Waals surface area contributed by atoms with Crippen LogP contribution in [-0.4, -0.2) is 43.2 Å². The molecule has 5 rings (SSSR count). The average molecular weight is 421 g/mol. The molecule has 1 N–H and O–H groups in total. The Morgan fingerprint density at radius 1 is 1.06 bits per heavy atom. The SMILES string of the molecule is O=CC1CCC(c2cnn3ccc(-c4cnc(CO[C@H]5CCC[C@@H]5O)nc4)cc23)CC1. The standard InChI is InChI=1S/C24H28N4O3/c29-14-16-4-6-17(7-5-16)20-13-27-28-9-8-18(10-21(20)28)19-11-25-24(26-12-19)15-31-23-3-1-2-22(23)30/h8-14,16-17,22-23,30H,1-7,15H2/t16?,17?,22-,23-/m0/s1. The van der Waals surface area contributed by atoms with Crippen molar-refractivity contribution in [1.82, 2.24) is 19.6 Å². The first kappa shape index (κ1) is 20.3. The van der Waals surface area contributed by atoms with Crippen molar-refractivity contribution in [1.29, 1.82) is 0 Å². The fourth-order valence-corrected chi connectivity index (χ4v) is 4.92. The Balaban J connectivity index is 1.31. The molecule has 2 aliphatic carbocycles. The summed E-state index contributed by atoms with van der Waals surface area (Å²) in [7, 11) is 0. The predicted molar refractivity (Wildman–Crippen MR) is 115 cm³/mol. The molecule has 3 aromatic heterocycles. The largest absolute Gasteiger partial charge is 0.390 e. The van der Waals surface area contributed by atoms with Crippen molar-refractivity contribution >= 4 is 11.8 Å². The molecule has 7 nitrogen and oxygen atoms in total. The van der Waals surface area contributed by atoms with Crippen molar-refractivity contribution in [3.8, 4) is 11.1 Å². The van der Waals surface area contributed by atoms with Gasteiger partial charge in [0.1, 0.15) is 12.9 Å². The molecule has 0 saturated heterocycles. The van der Waals surface area contributed by atoms with Crippen LogP contribution in [0.1, 0.15) is 62.3 Å². The molecule has 7 heteroatoms. The fourth-order valence-electron chi connectivity index (χ4n) is 4.92. The topological polar surface area (TPSA) is 89.6 Å². The van der Waals surface area contributed by atoms with Crippen molar-refractivity contribution < 1.29 is 14.6 Å². The molecular weight excluding hydrogens is 392 g/mol. The molecule has 2 aliphatic rings. The second-order valence-electron chi connectivity index (χ2n) is 8.83. The quantitative estimate of drug-likeness (QED) is 0.612. The van der Waals surface area contributed by atoms with Gasteiger partial charge in [-0.3, -0.25) is 0 Å². The molecule has 162 valence electrons. The zero-order valence-electron chi connectivity index (χ0n) is 17.6. The first-order chi connectivity index (χ1) is 15.2. The lowest BCUT2D eigenvalue weighted by Gasteiger charge is -2.24. The van der Waals surface area contributed by atoms with Gasteiger partial charge in [0.05, 0.1) is 23.9 Å². The number of aliphatic hydroxyl groups is 1. The second-order valence-corrected chi connectivity index (χ2v) is 8.83. The molecule has 0 bridgehead atoms. The lowest BCUT2D eigenvalue weighted by Crippen LogP contribution is -2.22. The highest BCUT2D eigenvalue weighted by molar-refractivity contribution is 5.70. The number of nitrogens with zero attached hydrogens (tertiary/aromatic N) is 4.